The molecular formula is C23H43N5O5S. The minimum Gasteiger partial charge on any atom is -0.550 e. The van der Waals surface area contributed by atoms with Crippen LogP contribution >= 0.6 is 11.8 Å². The number of aliphatic carboxylic acids is 1. The van der Waals surface area contributed by atoms with Crippen LogP contribution in [0.5, 0.6) is 0 Å². The largest absolute Gasteiger partial charge is 0.550 e. The molecule has 0 saturated carbocycles. The molecule has 10 nitrogen and oxygen atoms in total. The van der Waals surface area contributed by atoms with Crippen molar-refractivity contribution in [2.75, 3.05) is 25.4 Å². The van der Waals surface area contributed by atoms with Gasteiger partial charge in [0.05, 0.1) is 18.6 Å². The lowest BCUT2D eigenvalue weighted by molar-refractivity contribution is -0.368. The maximum absolute atomic E-state index is 11.9. The molecule has 34 heavy (non-hydrogen) atoms. The number of carbonyl (C=O) groups is 4. The van der Waals surface area contributed by atoms with E-state index in [9.17, 15) is 14.4 Å². The van der Waals surface area contributed by atoms with Crippen molar-refractivity contribution in [3.8, 4) is 0 Å². The molecule has 2 fully saturated rings. The molecule has 11 heteroatoms. The first-order valence-corrected chi connectivity index (χ1v) is 13.6. The van der Waals surface area contributed by atoms with Crippen molar-refractivity contribution in [3.05, 3.63) is 0 Å². The third-order valence-corrected chi connectivity index (χ3v) is 7.24. The average molecular weight is 502 g/mol. The Kier molecular flexibility index (Phi) is 16.2. The van der Waals surface area contributed by atoms with Crippen LogP contribution in [0.1, 0.15) is 77.6 Å². The number of fused-ring (bicyclic) bond motifs is 1. The van der Waals surface area contributed by atoms with Crippen LogP contribution in [0.3, 0.4) is 0 Å². The Bertz CT molecular complexity index is 633. The van der Waals surface area contributed by atoms with Crippen LogP contribution in [0.2, 0.25) is 0 Å². The molecular weight excluding hydrogens is 458 g/mol. The predicted molar refractivity (Wildman–Crippen MR) is 131 cm³/mol. The van der Waals surface area contributed by atoms with Gasteiger partial charge in [0.1, 0.15) is 0 Å². The molecule has 2 aliphatic heterocycles. The first-order valence-electron chi connectivity index (χ1n) is 12.5. The van der Waals surface area contributed by atoms with Crippen LogP contribution in [-0.4, -0.2) is 66.5 Å². The lowest BCUT2D eigenvalue weighted by atomic mass is 10.0. The van der Waals surface area contributed by atoms with Crippen molar-refractivity contribution < 1.29 is 30.0 Å². The van der Waals surface area contributed by atoms with Gasteiger partial charge in [-0.1, -0.05) is 12.8 Å². The van der Waals surface area contributed by atoms with E-state index in [2.05, 4.69) is 27.0 Å². The molecule has 0 aromatic rings. The van der Waals surface area contributed by atoms with E-state index in [0.29, 0.717) is 24.6 Å². The van der Waals surface area contributed by atoms with Crippen LogP contribution in [0.25, 0.3) is 0 Å². The van der Waals surface area contributed by atoms with Crippen molar-refractivity contribution in [2.45, 2.75) is 94.9 Å². The van der Waals surface area contributed by atoms with E-state index in [4.69, 9.17) is 9.90 Å². The number of urea groups is 1. The average Bonchev–Trinajstić information content (AvgIpc) is 3.32. The Labute approximate surface area is 207 Å². The second kappa shape index (κ2) is 18.3. The van der Waals surface area contributed by atoms with Gasteiger partial charge < -0.3 is 36.9 Å². The summed E-state index contributed by atoms with van der Waals surface area (Å²) in [5.41, 5.74) is 3.81. The predicted octanol–water partition coefficient (Wildman–Crippen LogP) is -0.327. The van der Waals surface area contributed by atoms with Gasteiger partial charge in [-0.3, -0.25) is 9.59 Å². The summed E-state index contributed by atoms with van der Waals surface area (Å²) in [6.45, 7) is 3.39. The third-order valence-electron chi connectivity index (χ3n) is 5.73. The zero-order valence-electron chi connectivity index (χ0n) is 20.5. The summed E-state index contributed by atoms with van der Waals surface area (Å²) < 4.78 is 0. The maximum Gasteiger partial charge on any atom is 0.315 e. The fraction of sp³-hybridized carbons (Fsp3) is 0.826. The summed E-state index contributed by atoms with van der Waals surface area (Å²) in [6, 6.07) is 0.470. The van der Waals surface area contributed by atoms with Crippen molar-refractivity contribution in [2.24, 2.45) is 0 Å². The Hall–Kier alpha value is -2.01. The van der Waals surface area contributed by atoms with E-state index >= 15 is 0 Å². The van der Waals surface area contributed by atoms with Gasteiger partial charge in [0.2, 0.25) is 11.8 Å². The molecule has 0 bridgehead atoms. The van der Waals surface area contributed by atoms with Crippen LogP contribution in [0.4, 0.5) is 4.79 Å². The molecule has 2 heterocycles. The molecule has 4 amide bonds. The number of carboxylic acid groups (broad SMARTS) is 1. The summed E-state index contributed by atoms with van der Waals surface area (Å²) in [5.74, 6) is 0.142. The van der Waals surface area contributed by atoms with E-state index in [1.54, 1.807) is 0 Å². The van der Waals surface area contributed by atoms with Gasteiger partial charge in [0.15, 0.2) is 0 Å². The Morgan fingerprint density at radius 1 is 0.941 bits per heavy atom. The van der Waals surface area contributed by atoms with Crippen LogP contribution < -0.4 is 32.1 Å². The Balaban J connectivity index is 0.00000133. The third kappa shape index (κ3) is 14.3. The number of unbranched alkanes of at least 4 members (excludes halogenated alkanes) is 5. The zero-order valence-corrected chi connectivity index (χ0v) is 21.3. The monoisotopic (exact) mass is 501 g/mol. The number of nitrogens with one attached hydrogen (secondary N) is 4. The van der Waals surface area contributed by atoms with Gasteiger partial charge in [0.25, 0.3) is 0 Å². The van der Waals surface area contributed by atoms with Gasteiger partial charge >= 0.3 is 6.03 Å². The number of quaternary nitrogens is 1. The fourth-order valence-corrected chi connectivity index (χ4v) is 5.52. The van der Waals surface area contributed by atoms with E-state index in [0.717, 1.165) is 83.6 Å². The summed E-state index contributed by atoms with van der Waals surface area (Å²) in [5, 5.41) is 21.2. The highest BCUT2D eigenvalue weighted by atomic mass is 32.2. The first-order chi connectivity index (χ1) is 16.3. The molecule has 7 N–H and O–H groups in total. The highest BCUT2D eigenvalue weighted by molar-refractivity contribution is 8.00. The van der Waals surface area contributed by atoms with E-state index in [1.807, 2.05) is 11.8 Å². The summed E-state index contributed by atoms with van der Waals surface area (Å²) >= 11 is 1.92. The minimum absolute atomic E-state index is 0.0457. The number of hydrogen-bond donors (Lipinski definition) is 5. The quantitative estimate of drug-likeness (QED) is 0.143. The molecule has 1 unspecified atom stereocenters. The molecule has 0 aromatic heterocycles. The van der Waals surface area contributed by atoms with Gasteiger partial charge in [-0.15, -0.1) is 0 Å². The Morgan fingerprint density at radius 2 is 1.50 bits per heavy atom. The van der Waals surface area contributed by atoms with Crippen LogP contribution in [-0.2, 0) is 14.4 Å². The summed E-state index contributed by atoms with van der Waals surface area (Å²) in [7, 11) is 0. The van der Waals surface area contributed by atoms with E-state index < -0.39 is 5.97 Å². The smallest absolute Gasteiger partial charge is 0.315 e. The fourth-order valence-electron chi connectivity index (χ4n) is 3.97. The number of thioether (sulfide) groups is 1. The second-order valence-electron chi connectivity index (χ2n) is 8.78. The number of carbonyl (C=O) groups excluding carboxylic acids is 4. The van der Waals surface area contributed by atoms with Crippen molar-refractivity contribution in [3.63, 3.8) is 0 Å². The standard InChI is InChI=1S/C21H39N5O3S.C2H4O2/c22-12-6-2-8-14-24-18(27)10-3-1-7-13-23-19(28)11-5-4-9-17-20-16(15-30-17)25-21(29)26-20;1-2(3)4/h16-17,20H,1-15,22H2,(H,23,28)(H,24,27)(H2,25,26,29);1H3,(H,3,4)/t16-,17?,20-;/m0./s1. The SMILES string of the molecule is CC(=O)[O-].[NH3+]CCCCCNC(=O)CCCCCNC(=O)CCCCC1SC[C@@H]2NC(=O)N[C@H]12. The summed E-state index contributed by atoms with van der Waals surface area (Å²) in [4.78, 5) is 43.9. The molecule has 3 atom stereocenters. The number of carboxylic acids is 1. The molecule has 196 valence electrons. The topological polar surface area (TPSA) is 167 Å². The van der Waals surface area contributed by atoms with E-state index in [1.165, 1.54) is 0 Å². The second-order valence-corrected chi connectivity index (χ2v) is 10.1. The maximum atomic E-state index is 11.9. The van der Waals surface area contributed by atoms with Gasteiger partial charge in [0, 0.05) is 42.9 Å². The lowest BCUT2D eigenvalue weighted by Gasteiger charge is -2.16. The number of rotatable bonds is 16. The highest BCUT2D eigenvalue weighted by Crippen LogP contribution is 2.33. The van der Waals surface area contributed by atoms with Crippen molar-refractivity contribution in [1.82, 2.24) is 21.3 Å². The summed E-state index contributed by atoms with van der Waals surface area (Å²) in [6.07, 6.45) is 10.1. The molecule has 0 spiro atoms. The van der Waals surface area contributed by atoms with Crippen LogP contribution in [0.15, 0.2) is 0 Å². The highest BCUT2D eigenvalue weighted by Gasteiger charge is 2.42. The molecule has 2 rings (SSSR count). The molecule has 2 saturated heterocycles. The normalized spacial score (nSPS) is 20.4. The van der Waals surface area contributed by atoms with Crippen molar-refractivity contribution >= 4 is 35.6 Å². The lowest BCUT2D eigenvalue weighted by Crippen LogP contribution is -2.50. The van der Waals surface area contributed by atoms with Gasteiger partial charge in [-0.05, 0) is 51.9 Å². The van der Waals surface area contributed by atoms with E-state index in [-0.39, 0.29) is 29.9 Å². The molecule has 0 radical (unpaired) electrons. The molecule has 2 aliphatic rings. The minimum atomic E-state index is -1.08. The van der Waals surface area contributed by atoms with Crippen molar-refractivity contribution in [1.29, 1.82) is 0 Å². The number of amides is 4. The van der Waals surface area contributed by atoms with Crippen LogP contribution in [0, 0.1) is 0 Å². The molecule has 0 aromatic carbocycles. The zero-order chi connectivity index (χ0) is 25.2. The Morgan fingerprint density at radius 3 is 2.09 bits per heavy atom. The first kappa shape index (κ1) is 30.0. The number of hydrogen-bond acceptors (Lipinski definition) is 6. The van der Waals surface area contributed by atoms with Gasteiger partial charge in [-0.25, -0.2) is 4.79 Å². The van der Waals surface area contributed by atoms with Gasteiger partial charge in [-0.2, -0.15) is 11.8 Å². The molecule has 0 aliphatic carbocycles.